The molecule has 2 aliphatic rings. The predicted octanol–water partition coefficient (Wildman–Crippen LogP) is 3.77. The van der Waals surface area contributed by atoms with Crippen molar-refractivity contribution in [1.82, 2.24) is 16.2 Å². The molecule has 0 saturated carbocycles. The summed E-state index contributed by atoms with van der Waals surface area (Å²) in [4.78, 5) is 12.7. The molecule has 0 radical (unpaired) electrons. The van der Waals surface area contributed by atoms with Crippen LogP contribution in [0.2, 0.25) is 5.02 Å². The molecule has 0 bridgehead atoms. The van der Waals surface area contributed by atoms with Crippen LogP contribution in [0.3, 0.4) is 0 Å². The monoisotopic (exact) mass is 405 g/mol. The molecule has 2 aliphatic heterocycles. The van der Waals surface area contributed by atoms with Crippen molar-refractivity contribution in [2.75, 3.05) is 18.1 Å². The molecule has 0 aliphatic carbocycles. The van der Waals surface area contributed by atoms with E-state index < -0.39 is 0 Å². The molecule has 2 heterocycles. The van der Waals surface area contributed by atoms with Crippen LogP contribution in [0.4, 0.5) is 0 Å². The number of hydrogen-bond acceptors (Lipinski definition) is 5. The van der Waals surface area contributed by atoms with Crippen LogP contribution in [0, 0.1) is 0 Å². The first-order valence-corrected chi connectivity index (χ1v) is 11.1. The standard InChI is InChI=1S/C19H20ClN3OS2/c20-15-3-1-2-14(10-15)16-11-21-23-17(16)22-18(24)12-4-6-13(7-5-12)19-25-8-9-26-19/h1-7,10,16-17,19,21,23H,8-9,11H2,(H,22,24). The zero-order valence-electron chi connectivity index (χ0n) is 14.1. The summed E-state index contributed by atoms with van der Waals surface area (Å²) in [5, 5.41) is 3.79. The van der Waals surface area contributed by atoms with Gasteiger partial charge in [-0.25, -0.2) is 5.43 Å². The maximum Gasteiger partial charge on any atom is 0.252 e. The Kier molecular flexibility index (Phi) is 5.76. The topological polar surface area (TPSA) is 53.2 Å². The smallest absolute Gasteiger partial charge is 0.252 e. The lowest BCUT2D eigenvalue weighted by Crippen LogP contribution is -2.46. The summed E-state index contributed by atoms with van der Waals surface area (Å²) in [6.45, 7) is 0.736. The number of hydrogen-bond donors (Lipinski definition) is 3. The van der Waals surface area contributed by atoms with Crippen LogP contribution in [0.25, 0.3) is 0 Å². The fourth-order valence-electron chi connectivity index (χ4n) is 3.25. The lowest BCUT2D eigenvalue weighted by molar-refractivity contribution is 0.0929. The third-order valence-electron chi connectivity index (χ3n) is 4.61. The van der Waals surface area contributed by atoms with Crippen LogP contribution >= 0.6 is 35.1 Å². The molecule has 26 heavy (non-hydrogen) atoms. The van der Waals surface area contributed by atoms with Gasteiger partial charge in [-0.15, -0.1) is 23.5 Å². The number of carbonyl (C=O) groups is 1. The van der Waals surface area contributed by atoms with E-state index in [0.29, 0.717) is 15.2 Å². The molecule has 3 N–H and O–H groups in total. The summed E-state index contributed by atoms with van der Waals surface area (Å²) in [6.07, 6.45) is -0.179. The van der Waals surface area contributed by atoms with Gasteiger partial charge in [-0.3, -0.25) is 10.2 Å². The Morgan fingerprint density at radius 3 is 2.58 bits per heavy atom. The zero-order valence-corrected chi connectivity index (χ0v) is 16.5. The van der Waals surface area contributed by atoms with Gasteiger partial charge in [0.2, 0.25) is 0 Å². The van der Waals surface area contributed by atoms with Crippen molar-refractivity contribution < 1.29 is 4.79 Å². The molecule has 0 aromatic heterocycles. The second kappa shape index (κ2) is 8.23. The molecule has 2 aromatic carbocycles. The van der Waals surface area contributed by atoms with Crippen LogP contribution in [0.15, 0.2) is 48.5 Å². The minimum atomic E-state index is -0.179. The highest BCUT2D eigenvalue weighted by Gasteiger charge is 2.30. The number of thioether (sulfide) groups is 2. The van der Waals surface area contributed by atoms with Crippen molar-refractivity contribution in [3.8, 4) is 0 Å². The number of nitrogens with one attached hydrogen (secondary N) is 3. The number of halogens is 1. The van der Waals surface area contributed by atoms with E-state index in [1.54, 1.807) is 0 Å². The first kappa shape index (κ1) is 18.2. The number of rotatable bonds is 4. The Labute approximate surface area is 166 Å². The molecule has 0 spiro atoms. The van der Waals surface area contributed by atoms with E-state index in [1.165, 1.54) is 17.1 Å². The van der Waals surface area contributed by atoms with Gasteiger partial charge >= 0.3 is 0 Å². The van der Waals surface area contributed by atoms with E-state index in [2.05, 4.69) is 28.3 Å². The molecule has 7 heteroatoms. The second-order valence-corrected chi connectivity index (χ2v) is 9.49. The third kappa shape index (κ3) is 4.05. The molecule has 2 unspecified atom stereocenters. The van der Waals surface area contributed by atoms with Crippen molar-refractivity contribution in [3.63, 3.8) is 0 Å². The third-order valence-corrected chi connectivity index (χ3v) is 7.95. The maximum atomic E-state index is 12.7. The molecule has 2 atom stereocenters. The molecular formula is C19H20ClN3OS2. The Bertz CT molecular complexity index is 781. The molecule has 2 aromatic rings. The van der Waals surface area contributed by atoms with E-state index in [9.17, 15) is 4.79 Å². The normalized spacial score (nSPS) is 23.3. The number of benzene rings is 2. The zero-order chi connectivity index (χ0) is 17.9. The van der Waals surface area contributed by atoms with E-state index in [1.807, 2.05) is 59.9 Å². The summed E-state index contributed by atoms with van der Waals surface area (Å²) in [5.74, 6) is 2.45. The largest absolute Gasteiger partial charge is 0.335 e. The summed E-state index contributed by atoms with van der Waals surface area (Å²) in [5.41, 5.74) is 9.35. The Balaban J connectivity index is 1.43. The van der Waals surface area contributed by atoms with Gasteiger partial charge in [0.05, 0.1) is 4.58 Å². The lowest BCUT2D eigenvalue weighted by atomic mass is 9.97. The van der Waals surface area contributed by atoms with Crippen LogP contribution in [0.5, 0.6) is 0 Å². The quantitative estimate of drug-likeness (QED) is 0.723. The summed E-state index contributed by atoms with van der Waals surface area (Å²) in [7, 11) is 0. The predicted molar refractivity (Wildman–Crippen MR) is 111 cm³/mol. The van der Waals surface area contributed by atoms with Crippen molar-refractivity contribution in [3.05, 3.63) is 70.2 Å². The number of carbonyl (C=O) groups excluding carboxylic acids is 1. The summed E-state index contributed by atoms with van der Waals surface area (Å²) < 4.78 is 0.500. The summed E-state index contributed by atoms with van der Waals surface area (Å²) in [6, 6.07) is 15.8. The van der Waals surface area contributed by atoms with Crippen LogP contribution in [0.1, 0.15) is 32.0 Å². The number of amides is 1. The first-order chi connectivity index (χ1) is 12.7. The Hall–Kier alpha value is -1.18. The van der Waals surface area contributed by atoms with Gasteiger partial charge in [-0.1, -0.05) is 35.9 Å². The molecule has 4 rings (SSSR count). The summed E-state index contributed by atoms with van der Waals surface area (Å²) >= 11 is 10.0. The molecule has 4 nitrogen and oxygen atoms in total. The fourth-order valence-corrected chi connectivity index (χ4v) is 6.31. The lowest BCUT2D eigenvalue weighted by Gasteiger charge is -2.20. The van der Waals surface area contributed by atoms with Gasteiger partial charge in [-0.05, 0) is 35.4 Å². The molecule has 136 valence electrons. The highest BCUT2D eigenvalue weighted by atomic mass is 35.5. The van der Waals surface area contributed by atoms with E-state index in [0.717, 1.165) is 12.1 Å². The molecule has 2 fully saturated rings. The van der Waals surface area contributed by atoms with Gasteiger partial charge in [0, 0.05) is 34.6 Å². The number of hydrazine groups is 1. The van der Waals surface area contributed by atoms with Gasteiger partial charge in [0.1, 0.15) is 6.17 Å². The van der Waals surface area contributed by atoms with Gasteiger partial charge < -0.3 is 5.32 Å². The molecule has 1 amide bonds. The SMILES string of the molecule is O=C(NC1NNCC1c1cccc(Cl)c1)c1ccc(C2SCCS2)cc1. The van der Waals surface area contributed by atoms with Crippen LogP contribution in [-0.4, -0.2) is 30.1 Å². The van der Waals surface area contributed by atoms with Gasteiger partial charge in [-0.2, -0.15) is 0 Å². The maximum absolute atomic E-state index is 12.7. The highest BCUT2D eigenvalue weighted by Crippen LogP contribution is 2.45. The van der Waals surface area contributed by atoms with E-state index >= 15 is 0 Å². The Morgan fingerprint density at radius 1 is 1.08 bits per heavy atom. The van der Waals surface area contributed by atoms with Gasteiger partial charge in [0.25, 0.3) is 5.91 Å². The van der Waals surface area contributed by atoms with Crippen LogP contribution in [-0.2, 0) is 0 Å². The van der Waals surface area contributed by atoms with Gasteiger partial charge in [0.15, 0.2) is 0 Å². The Morgan fingerprint density at radius 2 is 1.85 bits per heavy atom. The average molecular weight is 406 g/mol. The van der Waals surface area contributed by atoms with Crippen molar-refractivity contribution in [1.29, 1.82) is 0 Å². The highest BCUT2D eigenvalue weighted by molar-refractivity contribution is 8.19. The second-order valence-electron chi connectivity index (χ2n) is 6.33. The molecular weight excluding hydrogens is 386 g/mol. The minimum absolute atomic E-state index is 0.0727. The van der Waals surface area contributed by atoms with Crippen LogP contribution < -0.4 is 16.2 Å². The van der Waals surface area contributed by atoms with Crippen molar-refractivity contribution >= 4 is 41.0 Å². The van der Waals surface area contributed by atoms with Crippen molar-refractivity contribution in [2.45, 2.75) is 16.7 Å². The van der Waals surface area contributed by atoms with E-state index in [-0.39, 0.29) is 18.0 Å². The fraction of sp³-hybridized carbons (Fsp3) is 0.316. The molecule has 2 saturated heterocycles. The average Bonchev–Trinajstić information content (AvgIpc) is 3.34. The first-order valence-electron chi connectivity index (χ1n) is 8.58. The van der Waals surface area contributed by atoms with Crippen molar-refractivity contribution in [2.24, 2.45) is 0 Å². The van der Waals surface area contributed by atoms with E-state index in [4.69, 9.17) is 11.6 Å². The minimum Gasteiger partial charge on any atom is -0.335 e.